The van der Waals surface area contributed by atoms with Gasteiger partial charge in [-0.3, -0.25) is 0 Å². The van der Waals surface area contributed by atoms with Crippen molar-refractivity contribution in [3.05, 3.63) is 48.5 Å². The van der Waals surface area contributed by atoms with Crippen LogP contribution in [0.3, 0.4) is 0 Å². The minimum absolute atomic E-state index is 0.0353. The summed E-state index contributed by atoms with van der Waals surface area (Å²) in [5.74, 6) is 2.23. The van der Waals surface area contributed by atoms with Gasteiger partial charge >= 0.3 is 0 Å². The molecule has 0 aliphatic carbocycles. The first-order chi connectivity index (χ1) is 11.6. The zero-order valence-electron chi connectivity index (χ0n) is 14.0. The Hall–Kier alpha value is -2.47. The van der Waals surface area contributed by atoms with Crippen molar-refractivity contribution in [1.82, 2.24) is 5.32 Å². The van der Waals surface area contributed by atoms with Gasteiger partial charge in [-0.25, -0.2) is 0 Å². The van der Waals surface area contributed by atoms with Crippen LogP contribution in [0.1, 0.15) is 6.92 Å². The molecule has 24 heavy (non-hydrogen) atoms. The van der Waals surface area contributed by atoms with Gasteiger partial charge in [-0.05, 0) is 55.5 Å². The Morgan fingerprint density at radius 1 is 1.00 bits per heavy atom. The fourth-order valence-corrected chi connectivity index (χ4v) is 2.38. The van der Waals surface area contributed by atoms with Gasteiger partial charge in [0, 0.05) is 5.69 Å². The van der Waals surface area contributed by atoms with Gasteiger partial charge in [0.2, 0.25) is 0 Å². The summed E-state index contributed by atoms with van der Waals surface area (Å²) in [6.45, 7) is 2.46. The molecule has 2 aromatic rings. The molecule has 0 amide bonds. The molecular formula is C18H22N2O3S. The second-order valence-electron chi connectivity index (χ2n) is 5.19. The fraction of sp³-hybridized carbons (Fsp3) is 0.278. The highest BCUT2D eigenvalue weighted by Gasteiger charge is 2.08. The Balaban J connectivity index is 1.80. The van der Waals surface area contributed by atoms with Gasteiger partial charge in [-0.15, -0.1) is 0 Å². The van der Waals surface area contributed by atoms with Crippen molar-refractivity contribution in [3.8, 4) is 17.2 Å². The molecule has 0 saturated carbocycles. The van der Waals surface area contributed by atoms with E-state index >= 15 is 0 Å². The number of benzene rings is 2. The average molecular weight is 346 g/mol. The Labute approximate surface area is 147 Å². The highest BCUT2D eigenvalue weighted by atomic mass is 32.1. The monoisotopic (exact) mass is 346 g/mol. The molecule has 0 fully saturated rings. The molecule has 0 unspecified atom stereocenters. The van der Waals surface area contributed by atoms with E-state index in [0.29, 0.717) is 23.2 Å². The van der Waals surface area contributed by atoms with E-state index in [9.17, 15) is 0 Å². The molecule has 0 aromatic heterocycles. The van der Waals surface area contributed by atoms with Crippen LogP contribution in [-0.2, 0) is 0 Å². The van der Waals surface area contributed by atoms with Gasteiger partial charge in [0.05, 0.1) is 20.3 Å². The van der Waals surface area contributed by atoms with Gasteiger partial charge in [0.1, 0.15) is 12.4 Å². The molecular weight excluding hydrogens is 324 g/mol. The average Bonchev–Trinajstić information content (AvgIpc) is 2.60. The van der Waals surface area contributed by atoms with Crippen molar-refractivity contribution in [1.29, 1.82) is 0 Å². The Morgan fingerprint density at radius 3 is 2.29 bits per heavy atom. The quantitative estimate of drug-likeness (QED) is 0.749. The number of hydrogen-bond donors (Lipinski definition) is 2. The maximum Gasteiger partial charge on any atom is 0.171 e. The topological polar surface area (TPSA) is 51.8 Å². The van der Waals surface area contributed by atoms with E-state index in [2.05, 4.69) is 10.6 Å². The molecule has 2 rings (SSSR count). The van der Waals surface area contributed by atoms with E-state index in [1.54, 1.807) is 14.2 Å². The van der Waals surface area contributed by atoms with E-state index in [-0.39, 0.29) is 6.04 Å². The van der Waals surface area contributed by atoms with Crippen LogP contribution in [0.15, 0.2) is 48.5 Å². The number of nitrogens with one attached hydrogen (secondary N) is 2. The van der Waals surface area contributed by atoms with Crippen molar-refractivity contribution in [3.63, 3.8) is 0 Å². The highest BCUT2D eigenvalue weighted by Crippen LogP contribution is 2.25. The van der Waals surface area contributed by atoms with Crippen molar-refractivity contribution < 1.29 is 14.2 Å². The first-order valence-corrected chi connectivity index (χ1v) is 8.00. The molecule has 1 atom stereocenters. The zero-order chi connectivity index (χ0) is 17.4. The van der Waals surface area contributed by atoms with Crippen molar-refractivity contribution in [2.75, 3.05) is 26.1 Å². The molecule has 0 aliphatic rings. The van der Waals surface area contributed by atoms with Crippen molar-refractivity contribution >= 4 is 23.0 Å². The number of anilines is 1. The van der Waals surface area contributed by atoms with E-state index in [4.69, 9.17) is 26.4 Å². The van der Waals surface area contributed by atoms with Crippen LogP contribution in [0.25, 0.3) is 0 Å². The standard InChI is InChI=1S/C18H22N2O3S/c1-13(12-23-17-7-5-4-6-16(17)22-3)19-18(24)20-14-8-10-15(21-2)11-9-14/h4-11,13H,12H2,1-3H3,(H2,19,20,24)/t13-/m1/s1. The lowest BCUT2D eigenvalue weighted by Crippen LogP contribution is -2.39. The molecule has 0 aliphatic heterocycles. The summed E-state index contributed by atoms with van der Waals surface area (Å²) in [6, 6.07) is 15.1. The van der Waals surface area contributed by atoms with Gasteiger partial charge in [-0.2, -0.15) is 0 Å². The maximum atomic E-state index is 5.78. The summed E-state index contributed by atoms with van der Waals surface area (Å²) in [4.78, 5) is 0. The Bertz CT molecular complexity index is 662. The smallest absolute Gasteiger partial charge is 0.171 e. The van der Waals surface area contributed by atoms with Crippen molar-refractivity contribution in [2.24, 2.45) is 0 Å². The summed E-state index contributed by atoms with van der Waals surface area (Å²) >= 11 is 5.32. The van der Waals surface area contributed by atoms with Crippen molar-refractivity contribution in [2.45, 2.75) is 13.0 Å². The summed E-state index contributed by atoms with van der Waals surface area (Å²) in [5.41, 5.74) is 0.895. The van der Waals surface area contributed by atoms with Crippen LogP contribution in [-0.4, -0.2) is 32.0 Å². The molecule has 2 N–H and O–H groups in total. The third-order valence-corrected chi connectivity index (χ3v) is 3.50. The molecule has 0 bridgehead atoms. The second-order valence-corrected chi connectivity index (χ2v) is 5.60. The summed E-state index contributed by atoms with van der Waals surface area (Å²) in [6.07, 6.45) is 0. The Morgan fingerprint density at radius 2 is 1.67 bits per heavy atom. The molecule has 0 spiro atoms. The van der Waals surface area contributed by atoms with Crippen LogP contribution in [0.5, 0.6) is 17.2 Å². The normalized spacial score (nSPS) is 11.3. The van der Waals surface area contributed by atoms with Gasteiger partial charge in [0.15, 0.2) is 16.6 Å². The predicted molar refractivity (Wildman–Crippen MR) is 100 cm³/mol. The highest BCUT2D eigenvalue weighted by molar-refractivity contribution is 7.80. The van der Waals surface area contributed by atoms with Crippen LogP contribution in [0, 0.1) is 0 Å². The summed E-state index contributed by atoms with van der Waals surface area (Å²) in [5, 5.41) is 6.86. The van der Waals surface area contributed by atoms with Gasteiger partial charge < -0.3 is 24.8 Å². The molecule has 2 aromatic carbocycles. The number of hydrogen-bond acceptors (Lipinski definition) is 4. The van der Waals surface area contributed by atoms with Gasteiger partial charge in [-0.1, -0.05) is 12.1 Å². The first-order valence-electron chi connectivity index (χ1n) is 7.59. The maximum absolute atomic E-state index is 5.78. The SMILES string of the molecule is COc1ccc(NC(=S)N[C@H](C)COc2ccccc2OC)cc1. The largest absolute Gasteiger partial charge is 0.497 e. The second kappa shape index (κ2) is 8.98. The number of methoxy groups -OCH3 is 2. The van der Waals surface area contributed by atoms with E-state index < -0.39 is 0 Å². The van der Waals surface area contributed by atoms with E-state index in [1.807, 2.05) is 55.5 Å². The minimum atomic E-state index is 0.0353. The molecule has 6 heteroatoms. The van der Waals surface area contributed by atoms with Crippen LogP contribution in [0.4, 0.5) is 5.69 Å². The fourth-order valence-electron chi connectivity index (χ4n) is 2.06. The molecule has 0 radical (unpaired) electrons. The third-order valence-electron chi connectivity index (χ3n) is 3.28. The predicted octanol–water partition coefficient (Wildman–Crippen LogP) is 3.46. The lowest BCUT2D eigenvalue weighted by atomic mass is 10.3. The summed E-state index contributed by atoms with van der Waals surface area (Å²) in [7, 11) is 3.26. The molecule has 128 valence electrons. The molecule has 0 saturated heterocycles. The van der Waals surface area contributed by atoms with Crippen LogP contribution < -0.4 is 24.8 Å². The number of rotatable bonds is 7. The third kappa shape index (κ3) is 5.31. The van der Waals surface area contributed by atoms with E-state index in [0.717, 1.165) is 11.4 Å². The number of para-hydroxylation sites is 2. The van der Waals surface area contributed by atoms with Gasteiger partial charge in [0.25, 0.3) is 0 Å². The zero-order valence-corrected chi connectivity index (χ0v) is 14.9. The minimum Gasteiger partial charge on any atom is -0.497 e. The lowest BCUT2D eigenvalue weighted by Gasteiger charge is -2.18. The van der Waals surface area contributed by atoms with Crippen LogP contribution >= 0.6 is 12.2 Å². The van der Waals surface area contributed by atoms with E-state index in [1.165, 1.54) is 0 Å². The first kappa shape index (κ1) is 17.9. The molecule has 0 heterocycles. The number of thiocarbonyl (C=S) groups is 1. The summed E-state index contributed by atoms with van der Waals surface area (Å²) < 4.78 is 16.2. The lowest BCUT2D eigenvalue weighted by molar-refractivity contribution is 0.270. The van der Waals surface area contributed by atoms with Crippen LogP contribution in [0.2, 0.25) is 0 Å². The number of ether oxygens (including phenoxy) is 3. The Kier molecular flexibility index (Phi) is 6.69. The molecule has 5 nitrogen and oxygen atoms in total.